The van der Waals surface area contributed by atoms with Crippen LogP contribution in [0.3, 0.4) is 0 Å². The third-order valence-electron chi connectivity index (χ3n) is 2.73. The molecule has 4 nitrogen and oxygen atoms in total. The molecule has 0 radical (unpaired) electrons. The summed E-state index contributed by atoms with van der Waals surface area (Å²) in [5.41, 5.74) is 1.42. The predicted octanol–water partition coefficient (Wildman–Crippen LogP) is 1.78. The van der Waals surface area contributed by atoms with Crippen LogP contribution in [0.25, 0.3) is 10.9 Å². The molecule has 0 saturated heterocycles. The molecule has 0 atom stereocenters. The van der Waals surface area contributed by atoms with E-state index in [0.717, 1.165) is 5.52 Å². The number of aliphatic carboxylic acids is 1. The molecule has 1 N–H and O–H groups in total. The van der Waals surface area contributed by atoms with Gasteiger partial charge in [-0.2, -0.15) is 0 Å². The second-order valence-electron chi connectivity index (χ2n) is 4.00. The van der Waals surface area contributed by atoms with E-state index >= 15 is 0 Å². The fourth-order valence-corrected chi connectivity index (χ4v) is 1.89. The molecule has 0 spiro atoms. The van der Waals surface area contributed by atoms with Crippen LogP contribution < -0.4 is 5.43 Å². The van der Waals surface area contributed by atoms with E-state index in [-0.39, 0.29) is 11.8 Å². The van der Waals surface area contributed by atoms with Crippen molar-refractivity contribution in [1.82, 2.24) is 4.57 Å². The second-order valence-corrected chi connectivity index (χ2v) is 4.00. The molecule has 1 aromatic carbocycles. The number of aryl methyl sites for hydroxylation is 2. The third-order valence-corrected chi connectivity index (χ3v) is 2.73. The Morgan fingerprint density at radius 2 is 2.06 bits per heavy atom. The van der Waals surface area contributed by atoms with Gasteiger partial charge in [-0.15, -0.1) is 0 Å². The zero-order valence-electron chi connectivity index (χ0n) is 9.51. The van der Waals surface area contributed by atoms with E-state index < -0.39 is 5.97 Å². The van der Waals surface area contributed by atoms with Gasteiger partial charge < -0.3 is 9.67 Å². The summed E-state index contributed by atoms with van der Waals surface area (Å²) in [6, 6.07) is 7.25. The summed E-state index contributed by atoms with van der Waals surface area (Å²) in [4.78, 5) is 22.5. The third kappa shape index (κ3) is 2.20. The molecular weight excluding hydrogens is 218 g/mol. The number of hydrogen-bond donors (Lipinski definition) is 1. The largest absolute Gasteiger partial charge is 0.481 e. The average molecular weight is 231 g/mol. The van der Waals surface area contributed by atoms with Crippen LogP contribution in [0.15, 0.2) is 35.3 Å². The lowest BCUT2D eigenvalue weighted by Gasteiger charge is -2.10. The van der Waals surface area contributed by atoms with Crippen molar-refractivity contribution in [2.24, 2.45) is 0 Å². The molecule has 0 aliphatic heterocycles. The molecule has 0 aliphatic rings. The summed E-state index contributed by atoms with van der Waals surface area (Å²) >= 11 is 0. The molecule has 0 amide bonds. The number of carboxylic acid groups (broad SMARTS) is 1. The fourth-order valence-electron chi connectivity index (χ4n) is 1.89. The lowest BCUT2D eigenvalue weighted by molar-refractivity contribution is -0.137. The van der Waals surface area contributed by atoms with E-state index in [9.17, 15) is 9.59 Å². The first kappa shape index (κ1) is 11.4. The molecule has 4 heteroatoms. The number of pyridine rings is 1. The van der Waals surface area contributed by atoms with Crippen molar-refractivity contribution in [3.05, 3.63) is 46.2 Å². The molecular formula is C13H13NO3. The normalized spacial score (nSPS) is 10.6. The van der Waals surface area contributed by atoms with Gasteiger partial charge >= 0.3 is 5.97 Å². The maximum atomic E-state index is 11.9. The van der Waals surface area contributed by atoms with Crippen LogP contribution >= 0.6 is 0 Å². The SMILES string of the molecule is Cc1cn(CCC(=O)O)c2ccccc2c1=O. The van der Waals surface area contributed by atoms with Crippen molar-refractivity contribution < 1.29 is 9.90 Å². The monoisotopic (exact) mass is 231 g/mol. The summed E-state index contributed by atoms with van der Waals surface area (Å²) in [5.74, 6) is -0.842. The maximum Gasteiger partial charge on any atom is 0.305 e. The van der Waals surface area contributed by atoms with Crippen LogP contribution in [0, 0.1) is 6.92 Å². The van der Waals surface area contributed by atoms with Crippen LogP contribution in [0.5, 0.6) is 0 Å². The number of rotatable bonds is 3. The average Bonchev–Trinajstić information content (AvgIpc) is 2.32. The van der Waals surface area contributed by atoms with E-state index in [4.69, 9.17) is 5.11 Å². The Labute approximate surface area is 98.1 Å². The van der Waals surface area contributed by atoms with E-state index in [0.29, 0.717) is 17.5 Å². The highest BCUT2D eigenvalue weighted by Gasteiger charge is 2.06. The molecule has 0 unspecified atom stereocenters. The fraction of sp³-hybridized carbons (Fsp3) is 0.231. The van der Waals surface area contributed by atoms with E-state index in [2.05, 4.69) is 0 Å². The van der Waals surface area contributed by atoms with Crippen LogP contribution in [-0.2, 0) is 11.3 Å². The van der Waals surface area contributed by atoms with Crippen LogP contribution in [-0.4, -0.2) is 15.6 Å². The maximum absolute atomic E-state index is 11.9. The highest BCUT2D eigenvalue weighted by molar-refractivity contribution is 5.79. The van der Waals surface area contributed by atoms with Gasteiger partial charge in [-0.3, -0.25) is 9.59 Å². The van der Waals surface area contributed by atoms with Gasteiger partial charge in [0.25, 0.3) is 0 Å². The Kier molecular flexibility index (Phi) is 2.95. The Balaban J connectivity index is 2.59. The van der Waals surface area contributed by atoms with Gasteiger partial charge in [-0.1, -0.05) is 12.1 Å². The number of carboxylic acids is 1. The number of nitrogens with zero attached hydrogens (tertiary/aromatic N) is 1. The molecule has 1 aromatic heterocycles. The summed E-state index contributed by atoms with van der Waals surface area (Å²) in [6.45, 7) is 2.11. The standard InChI is InChI=1S/C13H13NO3/c1-9-8-14(7-6-12(15)16)11-5-3-2-4-10(11)13(9)17/h2-5,8H,6-7H2,1H3,(H,15,16). The van der Waals surface area contributed by atoms with E-state index in [1.165, 1.54) is 0 Å². The van der Waals surface area contributed by atoms with Gasteiger partial charge in [0.15, 0.2) is 5.43 Å². The smallest absolute Gasteiger partial charge is 0.305 e. The van der Waals surface area contributed by atoms with Crippen LogP contribution in [0.2, 0.25) is 0 Å². The number of fused-ring (bicyclic) bond motifs is 1. The Hall–Kier alpha value is -2.10. The zero-order chi connectivity index (χ0) is 12.4. The van der Waals surface area contributed by atoms with Gasteiger partial charge in [0.05, 0.1) is 11.9 Å². The Morgan fingerprint density at radius 3 is 2.76 bits per heavy atom. The number of benzene rings is 1. The van der Waals surface area contributed by atoms with Gasteiger partial charge in [-0.25, -0.2) is 0 Å². The molecule has 0 fully saturated rings. The van der Waals surface area contributed by atoms with Gasteiger partial charge in [0, 0.05) is 23.7 Å². The van der Waals surface area contributed by atoms with Crippen molar-refractivity contribution in [3.63, 3.8) is 0 Å². The molecule has 0 saturated carbocycles. The Bertz CT molecular complexity index is 628. The van der Waals surface area contributed by atoms with E-state index in [1.807, 2.05) is 22.8 Å². The molecule has 0 aliphatic carbocycles. The lowest BCUT2D eigenvalue weighted by atomic mass is 10.1. The van der Waals surface area contributed by atoms with E-state index in [1.54, 1.807) is 19.2 Å². The van der Waals surface area contributed by atoms with Crippen LogP contribution in [0.4, 0.5) is 0 Å². The molecule has 2 rings (SSSR count). The first-order chi connectivity index (χ1) is 8.09. The molecule has 1 heterocycles. The first-order valence-electron chi connectivity index (χ1n) is 5.40. The molecule has 88 valence electrons. The topological polar surface area (TPSA) is 59.3 Å². The number of aromatic nitrogens is 1. The minimum Gasteiger partial charge on any atom is -0.481 e. The van der Waals surface area contributed by atoms with Crippen molar-refractivity contribution in [1.29, 1.82) is 0 Å². The summed E-state index contributed by atoms with van der Waals surface area (Å²) in [7, 11) is 0. The quantitative estimate of drug-likeness (QED) is 0.876. The summed E-state index contributed by atoms with van der Waals surface area (Å²) < 4.78 is 1.82. The van der Waals surface area contributed by atoms with Crippen LogP contribution in [0.1, 0.15) is 12.0 Å². The number of para-hydroxylation sites is 1. The van der Waals surface area contributed by atoms with Gasteiger partial charge in [-0.05, 0) is 19.1 Å². The second kappa shape index (κ2) is 4.41. The molecule has 17 heavy (non-hydrogen) atoms. The van der Waals surface area contributed by atoms with Gasteiger partial charge in [0.2, 0.25) is 0 Å². The lowest BCUT2D eigenvalue weighted by Crippen LogP contribution is -2.13. The summed E-state index contributed by atoms with van der Waals surface area (Å²) in [6.07, 6.45) is 1.76. The van der Waals surface area contributed by atoms with Crippen molar-refractivity contribution in [2.45, 2.75) is 19.9 Å². The first-order valence-corrected chi connectivity index (χ1v) is 5.40. The van der Waals surface area contributed by atoms with Gasteiger partial charge in [0.1, 0.15) is 0 Å². The van der Waals surface area contributed by atoms with Crippen molar-refractivity contribution >= 4 is 16.9 Å². The molecule has 0 bridgehead atoms. The highest BCUT2D eigenvalue weighted by atomic mass is 16.4. The molecule has 2 aromatic rings. The predicted molar refractivity (Wildman–Crippen MR) is 65.2 cm³/mol. The van der Waals surface area contributed by atoms with Crippen molar-refractivity contribution in [2.75, 3.05) is 0 Å². The number of carbonyl (C=O) groups is 1. The highest BCUT2D eigenvalue weighted by Crippen LogP contribution is 2.11. The van der Waals surface area contributed by atoms with Crippen molar-refractivity contribution in [3.8, 4) is 0 Å². The minimum atomic E-state index is -0.842. The summed E-state index contributed by atoms with van der Waals surface area (Å²) in [5, 5.41) is 9.33. The number of hydrogen-bond acceptors (Lipinski definition) is 2. The zero-order valence-corrected chi connectivity index (χ0v) is 9.51. The Morgan fingerprint density at radius 1 is 1.35 bits per heavy atom. The minimum absolute atomic E-state index is 0.00664.